The second kappa shape index (κ2) is 15.7. The third-order valence-corrected chi connectivity index (χ3v) is 12.9. The molecule has 1 aromatic heterocycles. The summed E-state index contributed by atoms with van der Waals surface area (Å²) in [5.74, 6) is 0.438. The molecule has 11 heteroatoms. The lowest BCUT2D eigenvalue weighted by Gasteiger charge is -2.28. The Labute approximate surface area is 386 Å². The highest BCUT2D eigenvalue weighted by Gasteiger charge is 2.36. The number of nitrogens with zero attached hydrogens (tertiary/aromatic N) is 2. The largest absolute Gasteiger partial charge is 0.228 e. The van der Waals surface area contributed by atoms with Crippen LogP contribution in [-0.2, 0) is 5.41 Å². The zero-order valence-corrected chi connectivity index (χ0v) is 35.4. The van der Waals surface area contributed by atoms with Gasteiger partial charge in [-0.05, 0) is 90.2 Å². The maximum absolute atomic E-state index is 7.07. The summed E-state index contributed by atoms with van der Waals surface area (Å²) in [6.45, 7) is 4.63. The van der Waals surface area contributed by atoms with Gasteiger partial charge in [-0.3, -0.25) is 0 Å². The first kappa shape index (κ1) is 41.7. The van der Waals surface area contributed by atoms with E-state index in [2.05, 4.69) is 105 Å². The first-order chi connectivity index (χ1) is 30.8. The fraction of sp³-hybridized carbons (Fsp3) is 0.0566. The van der Waals surface area contributed by atoms with Gasteiger partial charge >= 0.3 is 0 Å². The fourth-order valence-corrected chi connectivity index (χ4v) is 9.41. The van der Waals surface area contributed by atoms with E-state index in [-0.39, 0.29) is 65.7 Å². The number of hydrogen-bond donors (Lipinski definition) is 0. The molecule has 0 bridgehead atoms. The molecule has 0 N–H and O–H groups in total. The summed E-state index contributed by atoms with van der Waals surface area (Å²) in [5.41, 5.74) is 13.5. The van der Waals surface area contributed by atoms with Crippen LogP contribution in [0.3, 0.4) is 0 Å². The third-order valence-electron chi connectivity index (χ3n) is 12.9. The van der Waals surface area contributed by atoms with Crippen LogP contribution in [0.1, 0.15) is 25.0 Å². The van der Waals surface area contributed by atoms with Gasteiger partial charge in [0.15, 0.2) is 5.82 Å². The van der Waals surface area contributed by atoms with Gasteiger partial charge in [-0.25, -0.2) is 9.97 Å². The minimum Gasteiger partial charge on any atom is -0.228 e. The van der Waals surface area contributed by atoms with Gasteiger partial charge in [-0.1, -0.05) is 162 Å². The molecule has 0 saturated heterocycles. The van der Waals surface area contributed by atoms with E-state index in [9.17, 15) is 0 Å². The molecule has 8 aromatic carbocycles. The van der Waals surface area contributed by atoms with Crippen LogP contribution >= 0.6 is 0 Å². The normalized spacial score (nSPS) is 12.6. The van der Waals surface area contributed by atoms with E-state index in [1.54, 1.807) is 0 Å². The van der Waals surface area contributed by atoms with Crippen molar-refractivity contribution >= 4 is 131 Å². The molecule has 278 valence electrons. The van der Waals surface area contributed by atoms with Crippen molar-refractivity contribution in [2.24, 2.45) is 0 Å². The van der Waals surface area contributed by atoms with E-state index in [1.165, 1.54) is 33.4 Å². The van der Waals surface area contributed by atoms with Crippen LogP contribution in [-0.4, -0.2) is 80.6 Å². The zero-order chi connectivity index (χ0) is 44.8. The lowest BCUT2D eigenvalue weighted by atomic mass is 9.56. The predicted octanol–water partition coefficient (Wildman–Crippen LogP) is 3.08. The molecule has 1 aliphatic rings. The molecule has 64 heavy (non-hydrogen) atoms. The Balaban J connectivity index is 1.14. The summed E-state index contributed by atoms with van der Waals surface area (Å²) in [6.07, 6.45) is 0. The maximum atomic E-state index is 7.07. The Morgan fingerprint density at radius 3 is 1.36 bits per heavy atom. The zero-order valence-electron chi connectivity index (χ0n) is 35.4. The second-order valence-corrected chi connectivity index (χ2v) is 16.9. The Kier molecular flexibility index (Phi) is 10.2. The summed E-state index contributed by atoms with van der Waals surface area (Å²) in [6, 6.07) is 48.4. The highest BCUT2D eigenvalue weighted by molar-refractivity contribution is 6.70. The van der Waals surface area contributed by atoms with E-state index in [0.717, 1.165) is 33.0 Å². The molecular weight excluding hydrogens is 762 g/mol. The van der Waals surface area contributed by atoms with E-state index in [1.807, 2.05) is 48.5 Å². The van der Waals surface area contributed by atoms with Gasteiger partial charge < -0.3 is 0 Å². The van der Waals surface area contributed by atoms with Crippen molar-refractivity contribution in [2.45, 2.75) is 19.3 Å². The van der Waals surface area contributed by atoms with Crippen molar-refractivity contribution in [3.8, 4) is 78.4 Å². The van der Waals surface area contributed by atoms with Gasteiger partial charge in [0, 0.05) is 16.5 Å². The molecule has 2 nitrogen and oxygen atoms in total. The molecule has 18 radical (unpaired) electrons. The van der Waals surface area contributed by atoms with Crippen molar-refractivity contribution in [2.75, 3.05) is 0 Å². The number of fused-ring (bicyclic) bond motifs is 4. The van der Waals surface area contributed by atoms with Crippen molar-refractivity contribution in [3.05, 3.63) is 151 Å². The van der Waals surface area contributed by atoms with Crippen molar-refractivity contribution in [1.29, 1.82) is 0 Å². The quantitative estimate of drug-likeness (QED) is 0.243. The lowest BCUT2D eigenvalue weighted by Crippen LogP contribution is -2.57. The van der Waals surface area contributed by atoms with Gasteiger partial charge in [0.1, 0.15) is 70.6 Å². The molecule has 0 atom stereocenters. The van der Waals surface area contributed by atoms with E-state index >= 15 is 0 Å². The van der Waals surface area contributed by atoms with Crippen molar-refractivity contribution < 1.29 is 0 Å². The van der Waals surface area contributed by atoms with E-state index < -0.39 is 0 Å². The number of rotatable bonds is 6. The lowest BCUT2D eigenvalue weighted by molar-refractivity contribution is 0.661. The Bertz CT molecular complexity index is 3380. The van der Waals surface area contributed by atoms with Gasteiger partial charge in [-0.15, -0.1) is 21.9 Å². The topological polar surface area (TPSA) is 25.8 Å². The average Bonchev–Trinajstić information content (AvgIpc) is 3.55. The minimum atomic E-state index is -0.216. The SMILES string of the molecule is [B]c1c([B])c([B])c(-c2c([B])c([B])c([B])c(-c3cc(-c4ccc(-c5ccc6c(c5)C(C)(C)c5cc(-c7ccccc7)ccc5-6)c5ccccc45)nc(-c4ccccc4)n3)c2[B])c([B])c1[B]. The summed E-state index contributed by atoms with van der Waals surface area (Å²) in [5, 5.41) is 2.05. The number of benzene rings is 8. The Morgan fingerprint density at radius 2 is 0.750 bits per heavy atom. The van der Waals surface area contributed by atoms with Gasteiger partial charge in [-0.2, -0.15) is 0 Å². The number of hydrogen-bond acceptors (Lipinski definition) is 2. The highest BCUT2D eigenvalue weighted by Crippen LogP contribution is 2.51. The fourth-order valence-electron chi connectivity index (χ4n) is 9.41. The Hall–Kier alpha value is -6.32. The maximum Gasteiger partial charge on any atom is 0.160 e. The molecule has 10 rings (SSSR count). The molecule has 0 unspecified atom stereocenters. The molecule has 1 aliphatic carbocycles. The summed E-state index contributed by atoms with van der Waals surface area (Å²) >= 11 is 0. The van der Waals surface area contributed by atoms with Crippen LogP contribution in [0, 0.1) is 0 Å². The van der Waals surface area contributed by atoms with Gasteiger partial charge in [0.2, 0.25) is 0 Å². The van der Waals surface area contributed by atoms with Crippen LogP contribution in [0.4, 0.5) is 0 Å². The predicted molar refractivity (Wildman–Crippen MR) is 278 cm³/mol. The molecule has 0 amide bonds. The third kappa shape index (κ3) is 6.53. The molecule has 9 aromatic rings. The average molecular weight is 791 g/mol. The first-order valence-corrected chi connectivity index (χ1v) is 20.9. The molecule has 0 fully saturated rings. The summed E-state index contributed by atoms with van der Waals surface area (Å²) < 4.78 is 0. The standard InChI is InChI=1S/C53H29B9N2/c1-53(2)36-23-28(26-11-5-3-6-12-26)17-19-33(36)34-20-18-29(24-37(34)53)30-21-22-35(32-16-10-9-15-31(30)32)38-25-39(64-52(63-38)27-13-7-4-8-14-27)40-43(54)41(45(56)48(59)44(40)55)42-46(57)49(60)51(62)50(61)47(42)58/h3-25H,1-2H3. The van der Waals surface area contributed by atoms with Crippen LogP contribution in [0.15, 0.2) is 140 Å². The molecule has 0 spiro atoms. The first-order valence-electron chi connectivity index (χ1n) is 20.9. The van der Waals surface area contributed by atoms with Crippen LogP contribution in [0.2, 0.25) is 0 Å². The molecule has 0 saturated carbocycles. The van der Waals surface area contributed by atoms with Crippen molar-refractivity contribution in [3.63, 3.8) is 0 Å². The molecular formula is C53H29B9N2. The van der Waals surface area contributed by atoms with Gasteiger partial charge in [0.25, 0.3) is 0 Å². The smallest absolute Gasteiger partial charge is 0.160 e. The van der Waals surface area contributed by atoms with E-state index in [4.69, 9.17) is 80.6 Å². The minimum absolute atomic E-state index is 0.0366. The monoisotopic (exact) mass is 792 g/mol. The van der Waals surface area contributed by atoms with Gasteiger partial charge in [0.05, 0.1) is 11.4 Å². The van der Waals surface area contributed by atoms with Crippen LogP contribution in [0.5, 0.6) is 0 Å². The summed E-state index contributed by atoms with van der Waals surface area (Å²) in [7, 11) is 59.0. The molecule has 0 aliphatic heterocycles. The highest BCUT2D eigenvalue weighted by atomic mass is 14.9. The Morgan fingerprint density at radius 1 is 0.328 bits per heavy atom. The molecule has 1 heterocycles. The summed E-state index contributed by atoms with van der Waals surface area (Å²) in [4.78, 5) is 10.2. The number of aromatic nitrogens is 2. The van der Waals surface area contributed by atoms with Crippen LogP contribution < -0.4 is 49.2 Å². The van der Waals surface area contributed by atoms with E-state index in [0.29, 0.717) is 22.8 Å². The second-order valence-electron chi connectivity index (χ2n) is 16.9. The van der Waals surface area contributed by atoms with Crippen molar-refractivity contribution in [1.82, 2.24) is 9.97 Å². The van der Waals surface area contributed by atoms with Crippen LogP contribution in [0.25, 0.3) is 89.2 Å².